The SMILES string of the molecule is CCCCC[O][Mg][CH2]CCC. The van der Waals surface area contributed by atoms with Crippen LogP contribution in [0.2, 0.25) is 4.55 Å². The second kappa shape index (κ2) is 10.7. The molecule has 0 radical (unpaired) electrons. The van der Waals surface area contributed by atoms with Gasteiger partial charge in [-0.2, -0.15) is 0 Å². The minimum atomic E-state index is -0.128. The maximum absolute atomic E-state index is 5.58. The van der Waals surface area contributed by atoms with Crippen LogP contribution in [0.15, 0.2) is 0 Å². The lowest BCUT2D eigenvalue weighted by Gasteiger charge is -2.01. The third-order valence-electron chi connectivity index (χ3n) is 1.78. The highest BCUT2D eigenvalue weighted by molar-refractivity contribution is 6.26. The summed E-state index contributed by atoms with van der Waals surface area (Å²) in [5.74, 6) is 0. The van der Waals surface area contributed by atoms with Gasteiger partial charge >= 0.3 is 20.8 Å². The van der Waals surface area contributed by atoms with E-state index in [-0.39, 0.29) is 20.8 Å². The van der Waals surface area contributed by atoms with Crippen molar-refractivity contribution in [3.8, 4) is 0 Å². The molecule has 0 aliphatic rings. The molecular formula is C9H20MgO. The Morgan fingerprint density at radius 3 is 2.36 bits per heavy atom. The molecule has 0 aromatic rings. The monoisotopic (exact) mass is 168 g/mol. The summed E-state index contributed by atoms with van der Waals surface area (Å²) in [5, 5.41) is 0. The van der Waals surface area contributed by atoms with Gasteiger partial charge in [0.1, 0.15) is 0 Å². The van der Waals surface area contributed by atoms with Gasteiger partial charge in [-0.05, 0) is 6.42 Å². The number of rotatable bonds is 8. The fourth-order valence-electron chi connectivity index (χ4n) is 1.01. The average Bonchev–Trinajstić information content (AvgIpc) is 2.03. The zero-order valence-corrected chi connectivity index (χ0v) is 9.48. The Morgan fingerprint density at radius 2 is 1.73 bits per heavy atom. The lowest BCUT2D eigenvalue weighted by Crippen LogP contribution is -1.99. The first kappa shape index (κ1) is 11.7. The molecule has 2 heteroatoms. The van der Waals surface area contributed by atoms with Crippen LogP contribution in [-0.4, -0.2) is 27.4 Å². The molecule has 64 valence electrons. The summed E-state index contributed by atoms with van der Waals surface area (Å²) in [7, 11) is 0. The first-order valence-electron chi connectivity index (χ1n) is 4.99. The van der Waals surface area contributed by atoms with E-state index in [0.29, 0.717) is 0 Å². The van der Waals surface area contributed by atoms with E-state index in [1.165, 1.54) is 36.7 Å². The molecule has 0 saturated heterocycles. The van der Waals surface area contributed by atoms with Crippen molar-refractivity contribution in [2.24, 2.45) is 0 Å². The van der Waals surface area contributed by atoms with Gasteiger partial charge in [0.25, 0.3) is 0 Å². The van der Waals surface area contributed by atoms with Crippen LogP contribution in [0.4, 0.5) is 0 Å². The predicted molar refractivity (Wildman–Crippen MR) is 50.9 cm³/mol. The van der Waals surface area contributed by atoms with Crippen molar-refractivity contribution in [3.63, 3.8) is 0 Å². The fourth-order valence-corrected chi connectivity index (χ4v) is 2.33. The van der Waals surface area contributed by atoms with Crippen molar-refractivity contribution in [2.75, 3.05) is 6.61 Å². The summed E-state index contributed by atoms with van der Waals surface area (Å²) in [6.07, 6.45) is 6.61. The van der Waals surface area contributed by atoms with Gasteiger partial charge in [0.2, 0.25) is 0 Å². The second-order valence-corrected chi connectivity index (χ2v) is 4.55. The van der Waals surface area contributed by atoms with E-state index >= 15 is 0 Å². The molecule has 0 saturated carbocycles. The van der Waals surface area contributed by atoms with Crippen molar-refractivity contribution in [1.29, 1.82) is 0 Å². The highest BCUT2D eigenvalue weighted by Crippen LogP contribution is 1.96. The molecule has 0 aliphatic heterocycles. The first-order chi connectivity index (χ1) is 5.41. The Kier molecular flexibility index (Phi) is 11.4. The minimum Gasteiger partial charge on any atom is -0.565 e. The molecule has 0 unspecified atom stereocenters. The quantitative estimate of drug-likeness (QED) is 0.400. The van der Waals surface area contributed by atoms with Gasteiger partial charge in [-0.25, -0.2) is 0 Å². The molecule has 0 spiro atoms. The van der Waals surface area contributed by atoms with E-state index in [9.17, 15) is 0 Å². The smallest absolute Gasteiger partial charge is 0.565 e. The Hall–Kier alpha value is 0.726. The molecule has 0 amide bonds. The van der Waals surface area contributed by atoms with E-state index in [4.69, 9.17) is 3.17 Å². The molecule has 1 nitrogen and oxygen atoms in total. The summed E-state index contributed by atoms with van der Waals surface area (Å²) in [4.78, 5) is 0. The zero-order valence-electron chi connectivity index (χ0n) is 8.07. The van der Waals surface area contributed by atoms with Crippen LogP contribution < -0.4 is 0 Å². The summed E-state index contributed by atoms with van der Waals surface area (Å²) in [5.41, 5.74) is 0. The standard InChI is InChI=1S/C5H11O.C4H9.Mg/c1-2-3-4-5-6;1-3-4-2;/h2-5H2,1H3;1,3-4H2,2H3;/q-1;;+1. The summed E-state index contributed by atoms with van der Waals surface area (Å²) in [6, 6.07) is 0. The molecule has 0 aromatic heterocycles. The van der Waals surface area contributed by atoms with Crippen molar-refractivity contribution < 1.29 is 3.17 Å². The number of hydrogen-bond donors (Lipinski definition) is 0. The van der Waals surface area contributed by atoms with Gasteiger partial charge in [0, 0.05) is 6.61 Å². The summed E-state index contributed by atoms with van der Waals surface area (Å²) < 4.78 is 6.95. The lowest BCUT2D eigenvalue weighted by molar-refractivity contribution is 0.321. The summed E-state index contributed by atoms with van der Waals surface area (Å²) in [6.45, 7) is 5.50. The topological polar surface area (TPSA) is 9.23 Å². The average molecular weight is 169 g/mol. The molecule has 0 aromatic carbocycles. The third-order valence-corrected chi connectivity index (χ3v) is 3.15. The van der Waals surface area contributed by atoms with E-state index in [0.717, 1.165) is 6.61 Å². The van der Waals surface area contributed by atoms with Crippen LogP contribution in [0.5, 0.6) is 0 Å². The van der Waals surface area contributed by atoms with E-state index in [2.05, 4.69) is 13.8 Å². The van der Waals surface area contributed by atoms with Crippen LogP contribution in [0.25, 0.3) is 0 Å². The molecule has 0 rings (SSSR count). The molecule has 0 heterocycles. The van der Waals surface area contributed by atoms with Gasteiger partial charge in [-0.1, -0.05) is 39.5 Å². The molecule has 0 atom stereocenters. The van der Waals surface area contributed by atoms with Crippen LogP contribution in [0, 0.1) is 0 Å². The number of hydrogen-bond acceptors (Lipinski definition) is 1. The van der Waals surface area contributed by atoms with Gasteiger partial charge < -0.3 is 3.17 Å². The Bertz CT molecular complexity index is 58.6. The van der Waals surface area contributed by atoms with Gasteiger partial charge in [0.15, 0.2) is 0 Å². The lowest BCUT2D eigenvalue weighted by atomic mass is 10.3. The van der Waals surface area contributed by atoms with Crippen LogP contribution in [0.1, 0.15) is 46.0 Å². The minimum absolute atomic E-state index is 0.128. The van der Waals surface area contributed by atoms with Gasteiger partial charge in [0.05, 0.1) is 0 Å². The van der Waals surface area contributed by atoms with Gasteiger partial charge in [-0.15, -0.1) is 4.55 Å². The Labute approximate surface area is 81.1 Å². The highest BCUT2D eigenvalue weighted by atomic mass is 24.5. The third kappa shape index (κ3) is 10.7. The largest absolute Gasteiger partial charge is 0.565 e. The predicted octanol–water partition coefficient (Wildman–Crippen LogP) is 3.03. The Balaban J connectivity index is 2.69. The molecule has 11 heavy (non-hydrogen) atoms. The van der Waals surface area contributed by atoms with E-state index in [1.54, 1.807) is 0 Å². The molecule has 0 fully saturated rings. The van der Waals surface area contributed by atoms with Crippen molar-refractivity contribution >= 4 is 20.8 Å². The van der Waals surface area contributed by atoms with E-state index < -0.39 is 0 Å². The van der Waals surface area contributed by atoms with Gasteiger partial charge in [-0.3, -0.25) is 0 Å². The maximum atomic E-state index is 5.58. The van der Waals surface area contributed by atoms with Crippen molar-refractivity contribution in [3.05, 3.63) is 0 Å². The highest BCUT2D eigenvalue weighted by Gasteiger charge is 1.95. The van der Waals surface area contributed by atoms with Crippen molar-refractivity contribution in [1.82, 2.24) is 0 Å². The normalized spacial score (nSPS) is 9.64. The molecule has 0 aliphatic carbocycles. The fraction of sp³-hybridized carbons (Fsp3) is 1.00. The van der Waals surface area contributed by atoms with Crippen LogP contribution >= 0.6 is 0 Å². The second-order valence-electron chi connectivity index (χ2n) is 3.03. The molecule has 0 bridgehead atoms. The zero-order chi connectivity index (χ0) is 8.36. The Morgan fingerprint density at radius 1 is 1.00 bits per heavy atom. The van der Waals surface area contributed by atoms with E-state index in [1.807, 2.05) is 0 Å². The number of unbranched alkanes of at least 4 members (excludes halogenated alkanes) is 3. The molecular weight excluding hydrogens is 148 g/mol. The maximum Gasteiger partial charge on any atom is 0.565 e. The first-order valence-corrected chi connectivity index (χ1v) is 6.57. The summed E-state index contributed by atoms with van der Waals surface area (Å²) >= 11 is -0.128. The molecule has 0 N–H and O–H groups in total. The van der Waals surface area contributed by atoms with Crippen LogP contribution in [0.3, 0.4) is 0 Å². The van der Waals surface area contributed by atoms with Crippen LogP contribution in [-0.2, 0) is 3.17 Å². The van der Waals surface area contributed by atoms with Crippen molar-refractivity contribution in [2.45, 2.75) is 50.5 Å².